The average molecular weight is 299 g/mol. The highest BCUT2D eigenvalue weighted by atomic mass is 19.1. The highest BCUT2D eigenvalue weighted by Crippen LogP contribution is 2.43. The van der Waals surface area contributed by atoms with Crippen molar-refractivity contribution in [3.05, 3.63) is 62.8 Å². The second kappa shape index (κ2) is 4.69. The van der Waals surface area contributed by atoms with Crippen LogP contribution in [0, 0.1) is 5.82 Å². The fourth-order valence-corrected chi connectivity index (χ4v) is 3.38. The molecule has 1 aliphatic carbocycles. The van der Waals surface area contributed by atoms with Gasteiger partial charge in [-0.1, -0.05) is 12.1 Å². The molecule has 0 amide bonds. The first-order valence-electron chi connectivity index (χ1n) is 7.24. The number of rotatable bonds is 1. The normalized spacial score (nSPS) is 20.4. The zero-order valence-corrected chi connectivity index (χ0v) is 11.7. The number of anilines is 1. The van der Waals surface area contributed by atoms with Gasteiger partial charge in [0.2, 0.25) is 0 Å². The lowest BCUT2D eigenvalue weighted by atomic mass is 9.77. The van der Waals surface area contributed by atoms with Crippen LogP contribution in [0.2, 0.25) is 0 Å². The van der Waals surface area contributed by atoms with E-state index in [0.717, 1.165) is 18.5 Å². The quantitative estimate of drug-likeness (QED) is 0.756. The largest absolute Gasteiger partial charge is 0.343 e. The van der Waals surface area contributed by atoms with Crippen LogP contribution in [0.3, 0.4) is 0 Å². The Balaban J connectivity index is 1.98. The minimum absolute atomic E-state index is 0.0225. The molecule has 0 radical (unpaired) electrons. The number of ketones is 1. The molecule has 0 saturated carbocycles. The van der Waals surface area contributed by atoms with Gasteiger partial charge >= 0.3 is 0 Å². The summed E-state index contributed by atoms with van der Waals surface area (Å²) < 4.78 is 13.6. The van der Waals surface area contributed by atoms with Gasteiger partial charge in [-0.2, -0.15) is 0 Å². The van der Waals surface area contributed by atoms with Gasteiger partial charge in [0, 0.05) is 23.6 Å². The number of fused-ring (bicyclic) bond motifs is 1. The molecule has 0 bridgehead atoms. The molecule has 0 unspecified atom stereocenters. The van der Waals surface area contributed by atoms with Crippen LogP contribution < -0.4 is 10.9 Å². The van der Waals surface area contributed by atoms with Crippen molar-refractivity contribution < 1.29 is 9.18 Å². The Morgan fingerprint density at radius 3 is 2.82 bits per heavy atom. The molecule has 0 saturated heterocycles. The highest BCUT2D eigenvalue weighted by molar-refractivity contribution is 6.00. The zero-order chi connectivity index (χ0) is 15.3. The third-order valence-corrected chi connectivity index (χ3v) is 4.31. The van der Waals surface area contributed by atoms with Gasteiger partial charge < -0.3 is 5.32 Å². The summed E-state index contributed by atoms with van der Waals surface area (Å²) in [4.78, 5) is 24.6. The van der Waals surface area contributed by atoms with Crippen LogP contribution in [-0.2, 0) is 4.79 Å². The summed E-state index contributed by atoms with van der Waals surface area (Å²) in [6.45, 7) is 0. The SMILES string of the molecule is O=C1CCCC2=C1[C@@H](c1cccc(F)c1)c1c([nH][nH]c1=O)N2. The molecular formula is C16H14FN3O2. The smallest absolute Gasteiger partial charge is 0.270 e. The summed E-state index contributed by atoms with van der Waals surface area (Å²) in [5, 5.41) is 8.49. The number of benzene rings is 1. The number of H-pyrrole nitrogens is 2. The Morgan fingerprint density at radius 2 is 2.00 bits per heavy atom. The minimum Gasteiger partial charge on any atom is -0.343 e. The van der Waals surface area contributed by atoms with Gasteiger partial charge in [-0.3, -0.25) is 19.8 Å². The van der Waals surface area contributed by atoms with Gasteiger partial charge in [-0.25, -0.2) is 4.39 Å². The molecule has 0 fully saturated rings. The van der Waals surface area contributed by atoms with E-state index >= 15 is 0 Å². The lowest BCUT2D eigenvalue weighted by Crippen LogP contribution is -2.29. The molecule has 112 valence electrons. The molecule has 6 heteroatoms. The van der Waals surface area contributed by atoms with Crippen molar-refractivity contribution in [1.82, 2.24) is 10.2 Å². The number of halogens is 1. The molecule has 2 aliphatic rings. The predicted octanol–water partition coefficient (Wildman–Crippen LogP) is 2.41. The predicted molar refractivity (Wildman–Crippen MR) is 79.2 cm³/mol. The van der Waals surface area contributed by atoms with Gasteiger partial charge in [-0.05, 0) is 30.5 Å². The maximum atomic E-state index is 13.6. The number of Topliss-reactive ketones (excluding diaryl/α,β-unsaturated/α-hetero) is 1. The number of carbonyl (C=O) groups is 1. The number of nitrogens with one attached hydrogen (secondary N) is 3. The van der Waals surface area contributed by atoms with E-state index in [1.807, 2.05) is 0 Å². The van der Waals surface area contributed by atoms with Crippen molar-refractivity contribution in [2.45, 2.75) is 25.2 Å². The van der Waals surface area contributed by atoms with Gasteiger partial charge in [0.25, 0.3) is 5.56 Å². The fraction of sp³-hybridized carbons (Fsp3) is 0.250. The van der Waals surface area contributed by atoms with Gasteiger partial charge in [0.15, 0.2) is 5.78 Å². The van der Waals surface area contributed by atoms with Gasteiger partial charge in [0.1, 0.15) is 11.6 Å². The molecule has 1 atom stereocenters. The van der Waals surface area contributed by atoms with Gasteiger partial charge in [-0.15, -0.1) is 0 Å². The molecule has 4 rings (SSSR count). The van der Waals surface area contributed by atoms with Crippen molar-refractivity contribution in [2.75, 3.05) is 5.32 Å². The summed E-state index contributed by atoms with van der Waals surface area (Å²) in [6.07, 6.45) is 1.99. The third kappa shape index (κ3) is 1.83. The lowest BCUT2D eigenvalue weighted by molar-refractivity contribution is -0.116. The third-order valence-electron chi connectivity index (χ3n) is 4.31. The van der Waals surface area contributed by atoms with Crippen LogP contribution in [0.5, 0.6) is 0 Å². The molecule has 2 heterocycles. The zero-order valence-electron chi connectivity index (χ0n) is 11.7. The molecule has 1 aromatic heterocycles. The number of aromatic amines is 2. The van der Waals surface area contributed by atoms with E-state index in [2.05, 4.69) is 15.5 Å². The topological polar surface area (TPSA) is 77.8 Å². The van der Waals surface area contributed by atoms with Gasteiger partial charge in [0.05, 0.1) is 5.56 Å². The first-order chi connectivity index (χ1) is 10.6. The second-order valence-electron chi connectivity index (χ2n) is 5.65. The van der Waals surface area contributed by atoms with Crippen LogP contribution in [0.25, 0.3) is 0 Å². The Kier molecular flexibility index (Phi) is 2.79. The molecule has 5 nitrogen and oxygen atoms in total. The Hall–Kier alpha value is -2.63. The number of allylic oxidation sites excluding steroid dienone is 2. The van der Waals surface area contributed by atoms with E-state index in [1.54, 1.807) is 12.1 Å². The van der Waals surface area contributed by atoms with Crippen LogP contribution >= 0.6 is 0 Å². The second-order valence-corrected chi connectivity index (χ2v) is 5.65. The van der Waals surface area contributed by atoms with Crippen molar-refractivity contribution in [2.24, 2.45) is 0 Å². The highest BCUT2D eigenvalue weighted by Gasteiger charge is 2.37. The first-order valence-corrected chi connectivity index (χ1v) is 7.24. The summed E-state index contributed by atoms with van der Waals surface area (Å²) in [5.74, 6) is -0.318. The maximum absolute atomic E-state index is 13.6. The van der Waals surface area contributed by atoms with E-state index in [4.69, 9.17) is 0 Å². The number of hydrogen-bond donors (Lipinski definition) is 3. The number of carbonyl (C=O) groups excluding carboxylic acids is 1. The molecule has 3 N–H and O–H groups in total. The van der Waals surface area contributed by atoms with Crippen LogP contribution in [0.15, 0.2) is 40.3 Å². The minimum atomic E-state index is -0.523. The van der Waals surface area contributed by atoms with Crippen molar-refractivity contribution in [3.63, 3.8) is 0 Å². The van der Waals surface area contributed by atoms with Crippen LogP contribution in [0.1, 0.15) is 36.3 Å². The average Bonchev–Trinajstić information content (AvgIpc) is 2.87. The molecule has 2 aromatic rings. The van der Waals surface area contributed by atoms with E-state index in [1.165, 1.54) is 12.1 Å². The van der Waals surface area contributed by atoms with E-state index in [-0.39, 0.29) is 17.2 Å². The molecule has 22 heavy (non-hydrogen) atoms. The fourth-order valence-electron chi connectivity index (χ4n) is 3.38. The summed E-state index contributed by atoms with van der Waals surface area (Å²) in [6, 6.07) is 6.09. The van der Waals surface area contributed by atoms with E-state index in [0.29, 0.717) is 28.9 Å². The maximum Gasteiger partial charge on any atom is 0.270 e. The standard InChI is InChI=1S/C16H14FN3O2/c17-9-4-1-3-8(7-9)12-13-10(5-2-6-11(13)21)18-15-14(12)16(22)20-19-15/h1,3-4,7,12H,2,5-6H2,(H3,18,19,20,22)/t12-/m1/s1. The lowest BCUT2D eigenvalue weighted by Gasteiger charge is -2.31. The molecular weight excluding hydrogens is 285 g/mol. The monoisotopic (exact) mass is 299 g/mol. The number of aromatic nitrogens is 2. The van der Waals surface area contributed by atoms with Crippen molar-refractivity contribution in [1.29, 1.82) is 0 Å². The summed E-state index contributed by atoms with van der Waals surface area (Å²) >= 11 is 0. The summed E-state index contributed by atoms with van der Waals surface area (Å²) in [7, 11) is 0. The Labute approximate surface area is 125 Å². The summed E-state index contributed by atoms with van der Waals surface area (Å²) in [5.41, 5.74) is 2.19. The van der Waals surface area contributed by atoms with E-state index < -0.39 is 5.92 Å². The number of hydrogen-bond acceptors (Lipinski definition) is 3. The Bertz CT molecular complexity index is 862. The van der Waals surface area contributed by atoms with Crippen molar-refractivity contribution in [3.8, 4) is 0 Å². The molecule has 1 aromatic carbocycles. The van der Waals surface area contributed by atoms with Crippen LogP contribution in [-0.4, -0.2) is 16.0 Å². The Morgan fingerprint density at radius 1 is 1.14 bits per heavy atom. The van der Waals surface area contributed by atoms with Crippen molar-refractivity contribution >= 4 is 11.6 Å². The van der Waals surface area contributed by atoms with E-state index in [9.17, 15) is 14.0 Å². The van der Waals surface area contributed by atoms with Crippen LogP contribution in [0.4, 0.5) is 10.2 Å². The molecule has 0 spiro atoms. The molecule has 1 aliphatic heterocycles. The first kappa shape index (κ1) is 13.1.